The molecule has 3 atom stereocenters. The van der Waals surface area contributed by atoms with Crippen molar-refractivity contribution in [2.75, 3.05) is 45.9 Å². The van der Waals surface area contributed by atoms with Gasteiger partial charge in [0.15, 0.2) is 0 Å². The number of amides is 2. The monoisotopic (exact) mass is 458 g/mol. The van der Waals surface area contributed by atoms with Gasteiger partial charge in [0, 0.05) is 50.1 Å². The minimum absolute atomic E-state index is 0.0963. The number of nitrogens with zero attached hydrogens (tertiary/aromatic N) is 3. The summed E-state index contributed by atoms with van der Waals surface area (Å²) in [6.45, 7) is 7.88. The number of carbonyl (C=O) groups excluding carboxylic acids is 2. The quantitative estimate of drug-likeness (QED) is 0.700. The van der Waals surface area contributed by atoms with E-state index in [4.69, 9.17) is 4.74 Å². The summed E-state index contributed by atoms with van der Waals surface area (Å²) in [4.78, 5) is 29.9. The van der Waals surface area contributed by atoms with Gasteiger partial charge in [-0.2, -0.15) is 0 Å². The van der Waals surface area contributed by atoms with Crippen LogP contribution in [-0.4, -0.2) is 84.6 Å². The van der Waals surface area contributed by atoms with Gasteiger partial charge >= 0.3 is 0 Å². The zero-order valence-electron chi connectivity index (χ0n) is 20.3. The first kappa shape index (κ1) is 22.3. The van der Waals surface area contributed by atoms with Gasteiger partial charge in [0.1, 0.15) is 0 Å². The van der Waals surface area contributed by atoms with Gasteiger partial charge in [0.25, 0.3) is 0 Å². The second-order valence-corrected chi connectivity index (χ2v) is 12.2. The van der Waals surface area contributed by atoms with E-state index in [1.165, 1.54) is 32.1 Å². The molecule has 2 amide bonds. The lowest BCUT2D eigenvalue weighted by Crippen LogP contribution is -2.56. The maximum atomic E-state index is 13.2. The SMILES string of the molecule is CC1(C(=O)N2CCN(C(=O)C3CCC(C4CCC5CNN(C6COC6)C5C4)CC3)CC2)CC1. The fourth-order valence-corrected chi connectivity index (χ4v) is 7.38. The van der Waals surface area contributed by atoms with Crippen LogP contribution in [0.15, 0.2) is 0 Å². The molecule has 3 heterocycles. The molecule has 0 bridgehead atoms. The summed E-state index contributed by atoms with van der Waals surface area (Å²) < 4.78 is 5.45. The number of rotatable bonds is 4. The van der Waals surface area contributed by atoms with Crippen molar-refractivity contribution in [1.29, 1.82) is 0 Å². The van der Waals surface area contributed by atoms with Crippen molar-refractivity contribution in [2.45, 2.75) is 76.8 Å². The molecule has 6 fully saturated rings. The second kappa shape index (κ2) is 8.80. The molecular formula is C26H42N4O3. The molecule has 6 rings (SSSR count). The summed E-state index contributed by atoms with van der Waals surface area (Å²) >= 11 is 0. The number of fused-ring (bicyclic) bond motifs is 1. The molecular weight excluding hydrogens is 416 g/mol. The highest BCUT2D eigenvalue weighted by atomic mass is 16.5. The van der Waals surface area contributed by atoms with Gasteiger partial charge in [-0.3, -0.25) is 15.0 Å². The van der Waals surface area contributed by atoms with Crippen molar-refractivity contribution < 1.29 is 14.3 Å². The van der Waals surface area contributed by atoms with E-state index in [0.29, 0.717) is 23.9 Å². The van der Waals surface area contributed by atoms with Gasteiger partial charge in [-0.05, 0) is 75.5 Å². The summed E-state index contributed by atoms with van der Waals surface area (Å²) in [7, 11) is 0. The highest BCUT2D eigenvalue weighted by Gasteiger charge is 2.48. The van der Waals surface area contributed by atoms with Crippen LogP contribution in [-0.2, 0) is 14.3 Å². The molecule has 33 heavy (non-hydrogen) atoms. The molecule has 3 aliphatic carbocycles. The molecule has 7 heteroatoms. The van der Waals surface area contributed by atoms with E-state index in [-0.39, 0.29) is 11.3 Å². The Kier molecular flexibility index (Phi) is 5.94. The smallest absolute Gasteiger partial charge is 0.228 e. The number of hydrazine groups is 1. The van der Waals surface area contributed by atoms with E-state index >= 15 is 0 Å². The predicted octanol–water partition coefficient (Wildman–Crippen LogP) is 2.27. The molecule has 3 aliphatic heterocycles. The van der Waals surface area contributed by atoms with Crippen LogP contribution in [0.4, 0.5) is 0 Å². The standard InChI is InChI=1S/C26H42N4O3/c1-26(8-9-26)25(32)29-12-10-28(11-13-29)24(31)19-4-2-18(3-5-19)20-6-7-21-15-27-30(23(21)14-20)22-16-33-17-22/h18-23,27H,2-17H2,1H3. The zero-order valence-corrected chi connectivity index (χ0v) is 20.3. The molecule has 3 saturated carbocycles. The van der Waals surface area contributed by atoms with Crippen LogP contribution < -0.4 is 5.43 Å². The molecule has 3 unspecified atom stereocenters. The molecule has 3 saturated heterocycles. The first-order chi connectivity index (χ1) is 16.0. The number of ether oxygens (including phenoxy) is 1. The predicted molar refractivity (Wildman–Crippen MR) is 125 cm³/mol. The molecule has 0 aromatic heterocycles. The minimum Gasteiger partial charge on any atom is -0.378 e. The number of carbonyl (C=O) groups is 2. The molecule has 0 aromatic carbocycles. The summed E-state index contributed by atoms with van der Waals surface area (Å²) in [5.74, 6) is 3.31. The van der Waals surface area contributed by atoms with E-state index in [2.05, 4.69) is 22.3 Å². The maximum absolute atomic E-state index is 13.2. The van der Waals surface area contributed by atoms with Crippen LogP contribution in [0.3, 0.4) is 0 Å². The van der Waals surface area contributed by atoms with Crippen molar-refractivity contribution >= 4 is 11.8 Å². The normalized spacial score (nSPS) is 39.1. The number of piperazine rings is 1. The minimum atomic E-state index is -0.0963. The largest absolute Gasteiger partial charge is 0.378 e. The lowest BCUT2D eigenvalue weighted by atomic mass is 9.67. The average molecular weight is 459 g/mol. The van der Waals surface area contributed by atoms with E-state index < -0.39 is 0 Å². The lowest BCUT2D eigenvalue weighted by Gasteiger charge is -2.44. The van der Waals surface area contributed by atoms with Crippen LogP contribution in [0, 0.1) is 29.1 Å². The third-order valence-electron chi connectivity index (χ3n) is 10.1. The lowest BCUT2D eigenvalue weighted by molar-refractivity contribution is -0.145. The Hall–Kier alpha value is -1.18. The Morgan fingerprint density at radius 2 is 1.48 bits per heavy atom. The maximum Gasteiger partial charge on any atom is 0.228 e. The molecule has 7 nitrogen and oxygen atoms in total. The third-order valence-corrected chi connectivity index (χ3v) is 10.1. The Labute approximate surface area is 198 Å². The van der Waals surface area contributed by atoms with E-state index in [9.17, 15) is 9.59 Å². The topological polar surface area (TPSA) is 65.1 Å². The third kappa shape index (κ3) is 4.23. The van der Waals surface area contributed by atoms with Crippen molar-refractivity contribution in [3.8, 4) is 0 Å². The first-order valence-electron chi connectivity index (χ1n) is 13.7. The fraction of sp³-hybridized carbons (Fsp3) is 0.923. The summed E-state index contributed by atoms with van der Waals surface area (Å²) in [6.07, 6.45) is 10.7. The van der Waals surface area contributed by atoms with Crippen molar-refractivity contribution in [1.82, 2.24) is 20.2 Å². The van der Waals surface area contributed by atoms with Crippen molar-refractivity contribution in [2.24, 2.45) is 29.1 Å². The van der Waals surface area contributed by atoms with Crippen LogP contribution in [0.2, 0.25) is 0 Å². The van der Waals surface area contributed by atoms with Crippen molar-refractivity contribution in [3.63, 3.8) is 0 Å². The Morgan fingerprint density at radius 3 is 2.12 bits per heavy atom. The van der Waals surface area contributed by atoms with Crippen molar-refractivity contribution in [3.05, 3.63) is 0 Å². The summed E-state index contributed by atoms with van der Waals surface area (Å²) in [5.41, 5.74) is 3.59. The van der Waals surface area contributed by atoms with Gasteiger partial charge in [-0.25, -0.2) is 5.01 Å². The first-order valence-corrected chi connectivity index (χ1v) is 13.7. The van der Waals surface area contributed by atoms with Crippen LogP contribution in [0.1, 0.15) is 64.7 Å². The summed E-state index contributed by atoms with van der Waals surface area (Å²) in [5, 5.41) is 2.55. The fourth-order valence-electron chi connectivity index (χ4n) is 7.38. The van der Waals surface area contributed by atoms with Crippen LogP contribution >= 0.6 is 0 Å². The Balaban J connectivity index is 0.971. The van der Waals surface area contributed by atoms with E-state index in [0.717, 1.165) is 89.4 Å². The van der Waals surface area contributed by atoms with Gasteiger partial charge in [-0.1, -0.05) is 6.92 Å². The van der Waals surface area contributed by atoms with E-state index in [1.807, 2.05) is 4.90 Å². The molecule has 1 N–H and O–H groups in total. The molecule has 0 aromatic rings. The highest BCUT2D eigenvalue weighted by Crippen LogP contribution is 2.47. The number of hydrogen-bond acceptors (Lipinski definition) is 5. The second-order valence-electron chi connectivity index (χ2n) is 12.2. The van der Waals surface area contributed by atoms with Gasteiger partial charge < -0.3 is 14.5 Å². The Bertz CT molecular complexity index is 751. The highest BCUT2D eigenvalue weighted by molar-refractivity contribution is 5.85. The molecule has 0 radical (unpaired) electrons. The molecule has 0 spiro atoms. The van der Waals surface area contributed by atoms with E-state index in [1.54, 1.807) is 0 Å². The number of nitrogens with one attached hydrogen (secondary N) is 1. The summed E-state index contributed by atoms with van der Waals surface area (Å²) in [6, 6.07) is 1.27. The molecule has 6 aliphatic rings. The van der Waals surface area contributed by atoms with Crippen LogP contribution in [0.25, 0.3) is 0 Å². The van der Waals surface area contributed by atoms with Gasteiger partial charge in [-0.15, -0.1) is 0 Å². The average Bonchev–Trinajstić information content (AvgIpc) is 3.45. The molecule has 184 valence electrons. The number of hydrogen-bond donors (Lipinski definition) is 1. The Morgan fingerprint density at radius 1 is 0.848 bits per heavy atom. The van der Waals surface area contributed by atoms with Gasteiger partial charge in [0.2, 0.25) is 11.8 Å². The zero-order chi connectivity index (χ0) is 22.6. The van der Waals surface area contributed by atoms with Crippen LogP contribution in [0.5, 0.6) is 0 Å². The van der Waals surface area contributed by atoms with Gasteiger partial charge in [0.05, 0.1) is 19.3 Å².